The van der Waals surface area contributed by atoms with Crippen LogP contribution in [0.3, 0.4) is 0 Å². The molecule has 0 fully saturated rings. The van der Waals surface area contributed by atoms with Crippen LogP contribution in [0.2, 0.25) is 0 Å². The van der Waals surface area contributed by atoms with Crippen molar-refractivity contribution in [1.29, 1.82) is 0 Å². The van der Waals surface area contributed by atoms with E-state index in [1.165, 1.54) is 64.2 Å². The predicted octanol–water partition coefficient (Wildman–Crippen LogP) is 4.52. The van der Waals surface area contributed by atoms with E-state index in [2.05, 4.69) is 11.1 Å². The Morgan fingerprint density at radius 3 is 1.38 bits per heavy atom. The van der Waals surface area contributed by atoms with Gasteiger partial charge in [0, 0.05) is 29.6 Å². The van der Waals surface area contributed by atoms with Crippen molar-refractivity contribution in [1.82, 2.24) is 0 Å². The molecule has 0 aromatic carbocycles. The van der Waals surface area contributed by atoms with Gasteiger partial charge < -0.3 is 0 Å². The van der Waals surface area contributed by atoms with Gasteiger partial charge in [0.15, 0.2) is 0 Å². The second kappa shape index (κ2) is 17.2. The first kappa shape index (κ1) is 24.1. The molecule has 0 bridgehead atoms. The van der Waals surface area contributed by atoms with Gasteiger partial charge in [0.1, 0.15) is 0 Å². The molecule has 0 amide bonds. The van der Waals surface area contributed by atoms with Gasteiger partial charge in [0.05, 0.1) is 6.61 Å². The zero-order valence-electron chi connectivity index (χ0n) is 14.0. The Hall–Kier alpha value is 0.870. The molecule has 0 saturated heterocycles. The molecular formula is C15H32NaO4S. The first-order valence-corrected chi connectivity index (χ1v) is 9.54. The minimum Gasteiger partial charge on any atom is -0.264 e. The van der Waals surface area contributed by atoms with Gasteiger partial charge in [0.25, 0.3) is 0 Å². The molecule has 21 heavy (non-hydrogen) atoms. The Morgan fingerprint density at radius 1 is 0.714 bits per heavy atom. The normalized spacial score (nSPS) is 11.3. The fraction of sp³-hybridized carbons (Fsp3) is 1.00. The quantitative estimate of drug-likeness (QED) is 0.272. The molecule has 0 aliphatic heterocycles. The Kier molecular flexibility index (Phi) is 19.8. The van der Waals surface area contributed by atoms with Crippen molar-refractivity contribution in [2.24, 2.45) is 0 Å². The van der Waals surface area contributed by atoms with E-state index < -0.39 is 10.4 Å². The molecule has 0 rings (SSSR count). The van der Waals surface area contributed by atoms with E-state index in [1.807, 2.05) is 0 Å². The van der Waals surface area contributed by atoms with Crippen molar-refractivity contribution in [2.75, 3.05) is 6.61 Å². The van der Waals surface area contributed by atoms with E-state index in [4.69, 9.17) is 4.55 Å². The van der Waals surface area contributed by atoms with Gasteiger partial charge in [-0.15, -0.1) is 0 Å². The summed E-state index contributed by atoms with van der Waals surface area (Å²) >= 11 is 0. The van der Waals surface area contributed by atoms with Crippen LogP contribution in [0.15, 0.2) is 0 Å². The molecule has 0 atom stereocenters. The van der Waals surface area contributed by atoms with Crippen LogP contribution in [-0.2, 0) is 14.6 Å². The summed E-state index contributed by atoms with van der Waals surface area (Å²) in [5.41, 5.74) is 0. The standard InChI is InChI=1S/C15H32O4S.Na/c1-2-3-4-5-6-7-8-9-10-11-12-13-14-15-19-20(16,17)18;/h2-15H2,1H3,(H,16,17,18);. The van der Waals surface area contributed by atoms with Crippen LogP contribution in [-0.4, -0.2) is 49.1 Å². The minimum atomic E-state index is -4.24. The van der Waals surface area contributed by atoms with Crippen LogP contribution < -0.4 is 0 Å². The average Bonchev–Trinajstić information content (AvgIpc) is 2.38. The van der Waals surface area contributed by atoms with Crippen LogP contribution in [0.1, 0.15) is 90.4 Å². The minimum absolute atomic E-state index is 0. The second-order valence-corrected chi connectivity index (χ2v) is 6.58. The molecule has 123 valence electrons. The van der Waals surface area contributed by atoms with Crippen LogP contribution in [0.4, 0.5) is 0 Å². The van der Waals surface area contributed by atoms with Crippen molar-refractivity contribution >= 4 is 40.0 Å². The number of hydrogen-bond acceptors (Lipinski definition) is 3. The fourth-order valence-corrected chi connectivity index (χ4v) is 2.61. The van der Waals surface area contributed by atoms with Gasteiger partial charge in [-0.1, -0.05) is 84.0 Å². The summed E-state index contributed by atoms with van der Waals surface area (Å²) in [6, 6.07) is 0. The molecule has 0 spiro atoms. The van der Waals surface area contributed by atoms with Gasteiger partial charge >= 0.3 is 10.4 Å². The summed E-state index contributed by atoms with van der Waals surface area (Å²) in [5, 5.41) is 0. The molecular weight excluding hydrogens is 299 g/mol. The van der Waals surface area contributed by atoms with E-state index in [0.717, 1.165) is 12.8 Å². The van der Waals surface area contributed by atoms with Gasteiger partial charge in [-0.05, 0) is 6.42 Å². The summed E-state index contributed by atoms with van der Waals surface area (Å²) in [7, 11) is -4.24. The van der Waals surface area contributed by atoms with E-state index in [-0.39, 0.29) is 36.2 Å². The van der Waals surface area contributed by atoms with Crippen molar-refractivity contribution in [2.45, 2.75) is 90.4 Å². The average molecular weight is 331 g/mol. The maximum atomic E-state index is 10.3. The first-order valence-electron chi connectivity index (χ1n) is 8.18. The third-order valence-electron chi connectivity index (χ3n) is 3.48. The molecule has 6 heteroatoms. The van der Waals surface area contributed by atoms with Crippen LogP contribution in [0, 0.1) is 0 Å². The maximum Gasteiger partial charge on any atom is 0.397 e. The van der Waals surface area contributed by atoms with E-state index in [9.17, 15) is 8.42 Å². The summed E-state index contributed by atoms with van der Waals surface area (Å²) in [6.45, 7) is 2.34. The Labute approximate surface area is 153 Å². The van der Waals surface area contributed by atoms with Crippen LogP contribution in [0.25, 0.3) is 0 Å². The van der Waals surface area contributed by atoms with Crippen LogP contribution >= 0.6 is 0 Å². The number of hydrogen-bond donors (Lipinski definition) is 1. The molecule has 0 unspecified atom stereocenters. The van der Waals surface area contributed by atoms with Crippen molar-refractivity contribution in [3.05, 3.63) is 0 Å². The summed E-state index contributed by atoms with van der Waals surface area (Å²) in [4.78, 5) is 0. The maximum absolute atomic E-state index is 10.3. The van der Waals surface area contributed by atoms with Gasteiger partial charge in [-0.25, -0.2) is 4.18 Å². The summed E-state index contributed by atoms with van der Waals surface area (Å²) in [6.07, 6.45) is 16.1. The fourth-order valence-electron chi connectivity index (χ4n) is 2.28. The molecule has 4 nitrogen and oxygen atoms in total. The molecule has 0 aromatic heterocycles. The largest absolute Gasteiger partial charge is 0.397 e. The second-order valence-electron chi connectivity index (χ2n) is 5.49. The molecule has 1 radical (unpaired) electrons. The Morgan fingerprint density at radius 2 is 1.05 bits per heavy atom. The zero-order chi connectivity index (χ0) is 15.1. The monoisotopic (exact) mass is 331 g/mol. The predicted molar refractivity (Wildman–Crippen MR) is 88.9 cm³/mol. The molecule has 1 N–H and O–H groups in total. The molecule has 0 aliphatic rings. The molecule has 0 heterocycles. The number of unbranched alkanes of at least 4 members (excludes halogenated alkanes) is 12. The molecule has 0 aromatic rings. The molecule has 0 saturated carbocycles. The first-order chi connectivity index (χ1) is 9.56. The van der Waals surface area contributed by atoms with Crippen molar-refractivity contribution < 1.29 is 17.2 Å². The topological polar surface area (TPSA) is 63.6 Å². The van der Waals surface area contributed by atoms with Crippen molar-refractivity contribution in [3.63, 3.8) is 0 Å². The summed E-state index contributed by atoms with van der Waals surface area (Å²) in [5.74, 6) is 0. The van der Waals surface area contributed by atoms with E-state index in [0.29, 0.717) is 6.42 Å². The SMILES string of the molecule is CCCCCCCCCCCCCCCOS(=O)(=O)O.[Na]. The zero-order valence-corrected chi connectivity index (χ0v) is 16.8. The van der Waals surface area contributed by atoms with Crippen molar-refractivity contribution in [3.8, 4) is 0 Å². The van der Waals surface area contributed by atoms with Crippen LogP contribution in [0.5, 0.6) is 0 Å². The molecule has 0 aliphatic carbocycles. The van der Waals surface area contributed by atoms with Gasteiger partial charge in [0.2, 0.25) is 0 Å². The third-order valence-corrected chi connectivity index (χ3v) is 3.94. The Bertz CT molecular complexity index is 294. The third kappa shape index (κ3) is 23.3. The van der Waals surface area contributed by atoms with E-state index in [1.54, 1.807) is 0 Å². The smallest absolute Gasteiger partial charge is 0.264 e. The van der Waals surface area contributed by atoms with E-state index >= 15 is 0 Å². The number of rotatable bonds is 15. The Balaban J connectivity index is 0. The summed E-state index contributed by atoms with van der Waals surface area (Å²) < 4.78 is 33.2. The van der Waals surface area contributed by atoms with Gasteiger partial charge in [-0.2, -0.15) is 8.42 Å². The van der Waals surface area contributed by atoms with Gasteiger partial charge in [-0.3, -0.25) is 4.55 Å².